The maximum atomic E-state index is 5.68. The summed E-state index contributed by atoms with van der Waals surface area (Å²) in [6.07, 6.45) is 3.50. The van der Waals surface area contributed by atoms with Crippen LogP contribution >= 0.6 is 0 Å². The summed E-state index contributed by atoms with van der Waals surface area (Å²) in [5.74, 6) is 0.490. The second-order valence-electron chi connectivity index (χ2n) is 5.10. The van der Waals surface area contributed by atoms with Crippen LogP contribution in [0.5, 0.6) is 12.0 Å². The Kier molecular flexibility index (Phi) is 5.98. The first-order valence-electron chi connectivity index (χ1n) is 7.68. The Labute approximate surface area is 126 Å². The third-order valence-corrected chi connectivity index (χ3v) is 3.56. The van der Waals surface area contributed by atoms with Crippen molar-refractivity contribution < 1.29 is 9.47 Å². The van der Waals surface area contributed by atoms with Crippen LogP contribution in [0.1, 0.15) is 33.1 Å². The number of likely N-dealkylation sites (tertiary alicyclic amines) is 1. The molecule has 0 aliphatic carbocycles. The summed E-state index contributed by atoms with van der Waals surface area (Å²) in [5, 5.41) is 3.05. The molecule has 1 saturated heterocycles. The van der Waals surface area contributed by atoms with E-state index in [4.69, 9.17) is 9.47 Å². The molecule has 0 saturated carbocycles. The quantitative estimate of drug-likeness (QED) is 0.780. The zero-order chi connectivity index (χ0) is 15.1. The summed E-state index contributed by atoms with van der Waals surface area (Å²) in [6, 6.07) is 1.23. The van der Waals surface area contributed by atoms with Crippen molar-refractivity contribution in [1.82, 2.24) is 19.9 Å². The van der Waals surface area contributed by atoms with Crippen LogP contribution in [0, 0.1) is 0 Å². The molecule has 1 atom stereocenters. The molecule has 0 aromatic carbocycles. The third-order valence-electron chi connectivity index (χ3n) is 3.56. The van der Waals surface area contributed by atoms with E-state index in [2.05, 4.69) is 32.2 Å². The van der Waals surface area contributed by atoms with Crippen LogP contribution in [-0.4, -0.2) is 59.2 Å². The predicted octanol–water partition coefficient (Wildman–Crippen LogP) is 1.57. The van der Waals surface area contributed by atoms with E-state index in [9.17, 15) is 0 Å². The largest absolute Gasteiger partial charge is 0.464 e. The smallest absolute Gasteiger partial charge is 0.324 e. The van der Waals surface area contributed by atoms with Crippen LogP contribution in [-0.2, 0) is 0 Å². The van der Waals surface area contributed by atoms with Crippen molar-refractivity contribution in [3.63, 3.8) is 0 Å². The van der Waals surface area contributed by atoms with Crippen LogP contribution in [0.2, 0.25) is 0 Å². The van der Waals surface area contributed by atoms with E-state index >= 15 is 0 Å². The Morgan fingerprint density at radius 3 is 2.57 bits per heavy atom. The van der Waals surface area contributed by atoms with Gasteiger partial charge >= 0.3 is 12.0 Å². The molecular weight excluding hydrogens is 270 g/mol. The van der Waals surface area contributed by atoms with Crippen molar-refractivity contribution in [3.05, 3.63) is 0 Å². The van der Waals surface area contributed by atoms with E-state index in [0.717, 1.165) is 13.0 Å². The van der Waals surface area contributed by atoms with E-state index in [1.165, 1.54) is 19.4 Å². The van der Waals surface area contributed by atoms with Crippen molar-refractivity contribution in [2.45, 2.75) is 39.2 Å². The van der Waals surface area contributed by atoms with Gasteiger partial charge in [-0.05, 0) is 46.7 Å². The summed E-state index contributed by atoms with van der Waals surface area (Å²) in [7, 11) is 2.16. The maximum absolute atomic E-state index is 5.68. The van der Waals surface area contributed by atoms with E-state index in [0.29, 0.717) is 37.2 Å². The zero-order valence-corrected chi connectivity index (χ0v) is 13.1. The lowest BCUT2D eigenvalue weighted by Crippen LogP contribution is -2.26. The zero-order valence-electron chi connectivity index (χ0n) is 13.1. The molecule has 1 aliphatic heterocycles. The van der Waals surface area contributed by atoms with Gasteiger partial charge in [0.1, 0.15) is 0 Å². The second kappa shape index (κ2) is 7.97. The molecule has 1 N–H and O–H groups in total. The van der Waals surface area contributed by atoms with E-state index < -0.39 is 0 Å². The highest BCUT2D eigenvalue weighted by Gasteiger charge is 2.20. The molecule has 2 rings (SSSR count). The van der Waals surface area contributed by atoms with Gasteiger partial charge in [-0.2, -0.15) is 9.97 Å². The van der Waals surface area contributed by atoms with Gasteiger partial charge in [-0.15, -0.1) is 4.98 Å². The standard InChI is InChI=1S/C14H25N5O2/c1-4-15-12-16-13(20-5-2)18-14(17-12)21-10-8-11-7-6-9-19(11)3/h11H,4-10H2,1-3H3,(H,15,16,17,18). The topological polar surface area (TPSA) is 72.4 Å². The second-order valence-corrected chi connectivity index (χ2v) is 5.10. The number of hydrogen-bond acceptors (Lipinski definition) is 7. The highest BCUT2D eigenvalue weighted by Crippen LogP contribution is 2.18. The molecular formula is C14H25N5O2. The summed E-state index contributed by atoms with van der Waals surface area (Å²) in [5.41, 5.74) is 0. The molecule has 7 heteroatoms. The van der Waals surface area contributed by atoms with Crippen LogP contribution in [0.15, 0.2) is 0 Å². The molecule has 1 aliphatic rings. The van der Waals surface area contributed by atoms with Gasteiger partial charge in [0, 0.05) is 12.6 Å². The molecule has 1 unspecified atom stereocenters. The Morgan fingerprint density at radius 2 is 1.95 bits per heavy atom. The highest BCUT2D eigenvalue weighted by molar-refractivity contribution is 5.27. The number of rotatable bonds is 8. The average molecular weight is 295 g/mol. The van der Waals surface area contributed by atoms with Gasteiger partial charge in [0.25, 0.3) is 0 Å². The highest BCUT2D eigenvalue weighted by atomic mass is 16.5. The normalized spacial score (nSPS) is 18.7. The molecule has 21 heavy (non-hydrogen) atoms. The fourth-order valence-corrected chi connectivity index (χ4v) is 2.46. The van der Waals surface area contributed by atoms with Crippen molar-refractivity contribution in [3.8, 4) is 12.0 Å². The molecule has 0 spiro atoms. The van der Waals surface area contributed by atoms with Gasteiger partial charge in [0.15, 0.2) is 0 Å². The third kappa shape index (κ3) is 4.70. The summed E-state index contributed by atoms with van der Waals surface area (Å²) < 4.78 is 11.0. The monoisotopic (exact) mass is 295 g/mol. The minimum absolute atomic E-state index is 0.302. The number of ether oxygens (including phenoxy) is 2. The Hall–Kier alpha value is -1.63. The average Bonchev–Trinajstić information content (AvgIpc) is 2.85. The minimum Gasteiger partial charge on any atom is -0.464 e. The van der Waals surface area contributed by atoms with Crippen molar-refractivity contribution >= 4 is 5.95 Å². The van der Waals surface area contributed by atoms with Crippen LogP contribution < -0.4 is 14.8 Å². The predicted molar refractivity (Wildman–Crippen MR) is 80.9 cm³/mol. The van der Waals surface area contributed by atoms with Crippen LogP contribution in [0.4, 0.5) is 5.95 Å². The first kappa shape index (κ1) is 15.8. The molecule has 118 valence electrons. The van der Waals surface area contributed by atoms with Gasteiger partial charge in [-0.3, -0.25) is 0 Å². The SMILES string of the molecule is CCNc1nc(OCC)nc(OCCC2CCCN2C)n1. The molecule has 1 aromatic heterocycles. The first-order valence-corrected chi connectivity index (χ1v) is 7.68. The number of nitrogens with zero attached hydrogens (tertiary/aromatic N) is 4. The Balaban J connectivity index is 1.91. The lowest BCUT2D eigenvalue weighted by atomic mass is 10.2. The summed E-state index contributed by atoms with van der Waals surface area (Å²) in [4.78, 5) is 15.0. The minimum atomic E-state index is 0.302. The molecule has 1 aromatic rings. The van der Waals surface area contributed by atoms with Gasteiger partial charge < -0.3 is 19.7 Å². The summed E-state index contributed by atoms with van der Waals surface area (Å²) in [6.45, 7) is 6.92. The van der Waals surface area contributed by atoms with E-state index in [1.807, 2.05) is 13.8 Å². The Morgan fingerprint density at radius 1 is 1.19 bits per heavy atom. The van der Waals surface area contributed by atoms with Gasteiger partial charge in [0.2, 0.25) is 5.95 Å². The fraction of sp³-hybridized carbons (Fsp3) is 0.786. The maximum Gasteiger partial charge on any atom is 0.324 e. The summed E-state index contributed by atoms with van der Waals surface area (Å²) >= 11 is 0. The van der Waals surface area contributed by atoms with E-state index in [1.54, 1.807) is 0 Å². The van der Waals surface area contributed by atoms with Crippen molar-refractivity contribution in [2.24, 2.45) is 0 Å². The molecule has 0 bridgehead atoms. The number of nitrogens with one attached hydrogen (secondary N) is 1. The number of hydrogen-bond donors (Lipinski definition) is 1. The van der Waals surface area contributed by atoms with Gasteiger partial charge in [-0.25, -0.2) is 0 Å². The molecule has 1 fully saturated rings. The van der Waals surface area contributed by atoms with Crippen molar-refractivity contribution in [1.29, 1.82) is 0 Å². The molecule has 7 nitrogen and oxygen atoms in total. The van der Waals surface area contributed by atoms with Gasteiger partial charge in [-0.1, -0.05) is 0 Å². The fourth-order valence-electron chi connectivity index (χ4n) is 2.46. The van der Waals surface area contributed by atoms with E-state index in [-0.39, 0.29) is 0 Å². The lowest BCUT2D eigenvalue weighted by Gasteiger charge is -2.18. The first-order chi connectivity index (χ1) is 10.2. The van der Waals surface area contributed by atoms with Crippen molar-refractivity contribution in [2.75, 3.05) is 38.7 Å². The lowest BCUT2D eigenvalue weighted by molar-refractivity contribution is 0.218. The molecule has 0 radical (unpaired) electrons. The molecule has 0 amide bonds. The van der Waals surface area contributed by atoms with Crippen LogP contribution in [0.25, 0.3) is 0 Å². The molecule has 2 heterocycles. The number of anilines is 1. The Bertz CT molecular complexity index is 419. The van der Waals surface area contributed by atoms with Crippen LogP contribution in [0.3, 0.4) is 0 Å². The van der Waals surface area contributed by atoms with Gasteiger partial charge in [0.05, 0.1) is 13.2 Å². The number of aromatic nitrogens is 3.